The predicted octanol–water partition coefficient (Wildman–Crippen LogP) is 0.672. The summed E-state index contributed by atoms with van der Waals surface area (Å²) in [5.41, 5.74) is 0. The molecular formula is C14H25N5O. The molecular weight excluding hydrogens is 254 g/mol. The highest BCUT2D eigenvalue weighted by molar-refractivity contribution is 4.97. The molecule has 0 spiro atoms. The Kier molecular flexibility index (Phi) is 4.33. The van der Waals surface area contributed by atoms with E-state index in [4.69, 9.17) is 4.52 Å². The maximum absolute atomic E-state index is 5.45. The van der Waals surface area contributed by atoms with E-state index in [2.05, 4.69) is 39.4 Å². The Balaban J connectivity index is 1.61. The van der Waals surface area contributed by atoms with E-state index in [1.54, 1.807) is 0 Å². The molecule has 0 amide bonds. The monoisotopic (exact) mass is 279 g/mol. The smallest absolute Gasteiger partial charge is 0.243 e. The van der Waals surface area contributed by atoms with E-state index in [9.17, 15) is 0 Å². The van der Waals surface area contributed by atoms with Gasteiger partial charge in [0.15, 0.2) is 5.82 Å². The van der Waals surface area contributed by atoms with Crippen molar-refractivity contribution < 1.29 is 4.52 Å². The second-order valence-corrected chi connectivity index (χ2v) is 6.15. The third-order valence-corrected chi connectivity index (χ3v) is 4.49. The molecule has 2 aliphatic rings. The molecule has 0 radical (unpaired) electrons. The largest absolute Gasteiger partial charge is 0.338 e. The average Bonchev–Trinajstić information content (AvgIpc) is 2.92. The Morgan fingerprint density at radius 1 is 1.30 bits per heavy atom. The van der Waals surface area contributed by atoms with Crippen LogP contribution in [0.15, 0.2) is 4.52 Å². The van der Waals surface area contributed by atoms with E-state index < -0.39 is 0 Å². The lowest BCUT2D eigenvalue weighted by Crippen LogP contribution is -2.50. The zero-order valence-electron chi connectivity index (χ0n) is 12.5. The van der Waals surface area contributed by atoms with E-state index in [1.807, 2.05) is 0 Å². The highest BCUT2D eigenvalue weighted by Crippen LogP contribution is 2.21. The van der Waals surface area contributed by atoms with Gasteiger partial charge in [0, 0.05) is 32.1 Å². The lowest BCUT2D eigenvalue weighted by Gasteiger charge is -2.37. The molecule has 3 rings (SSSR count). The molecule has 2 atom stereocenters. The number of rotatable bonds is 3. The van der Waals surface area contributed by atoms with Crippen molar-refractivity contribution in [1.29, 1.82) is 0 Å². The van der Waals surface area contributed by atoms with Gasteiger partial charge in [-0.05, 0) is 33.5 Å². The van der Waals surface area contributed by atoms with E-state index in [-0.39, 0.29) is 6.04 Å². The van der Waals surface area contributed by atoms with E-state index >= 15 is 0 Å². The number of nitrogens with zero attached hydrogens (tertiary/aromatic N) is 4. The van der Waals surface area contributed by atoms with Gasteiger partial charge >= 0.3 is 0 Å². The van der Waals surface area contributed by atoms with Crippen LogP contribution in [-0.2, 0) is 6.42 Å². The van der Waals surface area contributed by atoms with Crippen LogP contribution in [0.25, 0.3) is 0 Å². The van der Waals surface area contributed by atoms with Gasteiger partial charge in [-0.15, -0.1) is 0 Å². The first-order valence-corrected chi connectivity index (χ1v) is 7.67. The van der Waals surface area contributed by atoms with Crippen molar-refractivity contribution in [3.63, 3.8) is 0 Å². The highest BCUT2D eigenvalue weighted by Gasteiger charge is 2.26. The molecule has 6 nitrogen and oxygen atoms in total. The van der Waals surface area contributed by atoms with Gasteiger partial charge in [-0.25, -0.2) is 0 Å². The van der Waals surface area contributed by atoms with Crippen LogP contribution in [0.2, 0.25) is 0 Å². The Labute approximate surface area is 120 Å². The Morgan fingerprint density at radius 2 is 2.20 bits per heavy atom. The second kappa shape index (κ2) is 6.20. The molecule has 3 heterocycles. The van der Waals surface area contributed by atoms with Crippen LogP contribution in [-0.4, -0.2) is 66.3 Å². The maximum Gasteiger partial charge on any atom is 0.243 e. The molecule has 1 aromatic rings. The zero-order valence-corrected chi connectivity index (χ0v) is 12.5. The third kappa shape index (κ3) is 3.19. The number of aromatic nitrogens is 2. The standard InChI is InChI=1S/C14H25N5O/c1-18-7-8-19(2)11(10-18)9-13-16-14(20-17-13)12-5-3-4-6-15-12/h11-12,15H,3-10H2,1-2H3/t11?,12-/m0/s1. The van der Waals surface area contributed by atoms with Gasteiger partial charge in [0.25, 0.3) is 0 Å². The highest BCUT2D eigenvalue weighted by atomic mass is 16.5. The molecule has 112 valence electrons. The van der Waals surface area contributed by atoms with Crippen LogP contribution in [0.5, 0.6) is 0 Å². The Morgan fingerprint density at radius 3 is 3.00 bits per heavy atom. The summed E-state index contributed by atoms with van der Waals surface area (Å²) in [6.45, 7) is 4.37. The van der Waals surface area contributed by atoms with Crippen molar-refractivity contribution >= 4 is 0 Å². The summed E-state index contributed by atoms with van der Waals surface area (Å²) in [5.74, 6) is 1.62. The van der Waals surface area contributed by atoms with Crippen LogP contribution in [0.4, 0.5) is 0 Å². The molecule has 6 heteroatoms. The molecule has 1 aromatic heterocycles. The minimum atomic E-state index is 0.261. The van der Waals surface area contributed by atoms with Crippen molar-refractivity contribution in [2.45, 2.75) is 37.8 Å². The predicted molar refractivity (Wildman–Crippen MR) is 76.5 cm³/mol. The van der Waals surface area contributed by atoms with Crippen LogP contribution < -0.4 is 5.32 Å². The van der Waals surface area contributed by atoms with Gasteiger partial charge in [0.2, 0.25) is 5.89 Å². The van der Waals surface area contributed by atoms with Crippen molar-refractivity contribution in [2.24, 2.45) is 0 Å². The minimum absolute atomic E-state index is 0.261. The number of piperazine rings is 1. The normalized spacial score (nSPS) is 29.7. The fourth-order valence-corrected chi connectivity index (χ4v) is 3.09. The summed E-state index contributed by atoms with van der Waals surface area (Å²) in [7, 11) is 4.36. The zero-order chi connectivity index (χ0) is 13.9. The molecule has 2 saturated heterocycles. The maximum atomic E-state index is 5.45. The molecule has 0 saturated carbocycles. The fourth-order valence-electron chi connectivity index (χ4n) is 3.09. The molecule has 1 unspecified atom stereocenters. The quantitative estimate of drug-likeness (QED) is 0.878. The molecule has 2 fully saturated rings. The molecule has 20 heavy (non-hydrogen) atoms. The molecule has 1 N–H and O–H groups in total. The van der Waals surface area contributed by atoms with Gasteiger partial charge in [-0.1, -0.05) is 11.6 Å². The topological polar surface area (TPSA) is 57.4 Å². The molecule has 0 bridgehead atoms. The Bertz CT molecular complexity index is 429. The van der Waals surface area contributed by atoms with Crippen molar-refractivity contribution in [1.82, 2.24) is 25.3 Å². The van der Waals surface area contributed by atoms with E-state index in [0.717, 1.165) is 50.7 Å². The SMILES string of the molecule is CN1CCN(C)C(Cc2noc([C@@H]3CCCCN3)n2)C1. The van der Waals surface area contributed by atoms with Crippen molar-refractivity contribution in [3.8, 4) is 0 Å². The molecule has 0 aromatic carbocycles. The number of piperidine rings is 1. The van der Waals surface area contributed by atoms with Crippen molar-refractivity contribution in [2.75, 3.05) is 40.3 Å². The van der Waals surface area contributed by atoms with Gasteiger partial charge in [-0.3, -0.25) is 0 Å². The number of likely N-dealkylation sites (N-methyl/N-ethyl adjacent to an activating group) is 2. The molecule has 2 aliphatic heterocycles. The second-order valence-electron chi connectivity index (χ2n) is 6.15. The summed E-state index contributed by atoms with van der Waals surface area (Å²) in [4.78, 5) is 9.37. The first-order chi connectivity index (χ1) is 9.72. The third-order valence-electron chi connectivity index (χ3n) is 4.49. The molecule has 0 aliphatic carbocycles. The van der Waals surface area contributed by atoms with Crippen LogP contribution in [0, 0.1) is 0 Å². The fraction of sp³-hybridized carbons (Fsp3) is 0.857. The first kappa shape index (κ1) is 14.0. The van der Waals surface area contributed by atoms with Crippen molar-refractivity contribution in [3.05, 3.63) is 11.7 Å². The van der Waals surface area contributed by atoms with Gasteiger partial charge in [0.05, 0.1) is 6.04 Å². The van der Waals surface area contributed by atoms with Crippen LogP contribution in [0.3, 0.4) is 0 Å². The van der Waals surface area contributed by atoms with E-state index in [0.29, 0.717) is 6.04 Å². The van der Waals surface area contributed by atoms with Gasteiger partial charge in [-0.2, -0.15) is 4.98 Å². The number of hydrogen-bond acceptors (Lipinski definition) is 6. The summed E-state index contributed by atoms with van der Waals surface area (Å²) < 4.78 is 5.45. The van der Waals surface area contributed by atoms with Gasteiger partial charge < -0.3 is 19.6 Å². The summed E-state index contributed by atoms with van der Waals surface area (Å²) in [5, 5.41) is 7.63. The first-order valence-electron chi connectivity index (χ1n) is 7.67. The lowest BCUT2D eigenvalue weighted by atomic mass is 10.1. The number of hydrogen-bond donors (Lipinski definition) is 1. The van der Waals surface area contributed by atoms with E-state index in [1.165, 1.54) is 12.8 Å². The average molecular weight is 279 g/mol. The summed E-state index contributed by atoms with van der Waals surface area (Å²) in [6.07, 6.45) is 4.47. The summed E-state index contributed by atoms with van der Waals surface area (Å²) in [6, 6.07) is 0.746. The van der Waals surface area contributed by atoms with Gasteiger partial charge in [0.1, 0.15) is 0 Å². The summed E-state index contributed by atoms with van der Waals surface area (Å²) >= 11 is 0. The van der Waals surface area contributed by atoms with Crippen LogP contribution in [0.1, 0.15) is 37.0 Å². The number of nitrogens with one attached hydrogen (secondary N) is 1. The Hall–Kier alpha value is -0.980. The lowest BCUT2D eigenvalue weighted by molar-refractivity contribution is 0.113. The van der Waals surface area contributed by atoms with Crippen LogP contribution >= 0.6 is 0 Å². The minimum Gasteiger partial charge on any atom is -0.338 e.